The number of pyridine rings is 1. The van der Waals surface area contributed by atoms with Crippen LogP contribution in [-0.4, -0.2) is 37.3 Å². The largest absolute Gasteiger partial charge is 0.432 e. The fraction of sp³-hybridized carbons (Fsp3) is 0.412. The van der Waals surface area contributed by atoms with E-state index in [2.05, 4.69) is 19.9 Å². The van der Waals surface area contributed by atoms with Crippen molar-refractivity contribution in [3.05, 3.63) is 54.0 Å². The molecule has 0 unspecified atom stereocenters. The van der Waals surface area contributed by atoms with Gasteiger partial charge in [0.25, 0.3) is 0 Å². The summed E-state index contributed by atoms with van der Waals surface area (Å²) >= 11 is 0. The Hall–Kier alpha value is -2.35. The molecule has 4 heterocycles. The van der Waals surface area contributed by atoms with Gasteiger partial charge in [0, 0.05) is 37.1 Å². The molecule has 5 nitrogen and oxygen atoms in total. The van der Waals surface area contributed by atoms with E-state index < -0.39 is 11.9 Å². The van der Waals surface area contributed by atoms with E-state index >= 15 is 0 Å². The Morgan fingerprint density at radius 1 is 1.24 bits per heavy atom. The van der Waals surface area contributed by atoms with Crippen LogP contribution in [0.3, 0.4) is 0 Å². The number of hydrogen-bond donors (Lipinski definition) is 1. The maximum absolute atomic E-state index is 12.8. The van der Waals surface area contributed by atoms with Gasteiger partial charge in [-0.2, -0.15) is 13.2 Å². The van der Waals surface area contributed by atoms with Gasteiger partial charge in [0.15, 0.2) is 0 Å². The molecule has 1 fully saturated rings. The second kappa shape index (κ2) is 6.18. The normalized spacial score (nSPS) is 19.6. The van der Waals surface area contributed by atoms with E-state index in [1.165, 1.54) is 0 Å². The standard InChI is InChI=1S/C17H18F3N5/c18-17(19,20)14-9-22-16(23-14)12-3-2-7-24(10-12)11-13-4-1-5-15-21-6-8-25(13)15/h1,4-6,8-9,12H,2-3,7,10-11H2,(H,22,23)/t12-/m0/s1. The maximum atomic E-state index is 12.8. The van der Waals surface area contributed by atoms with Crippen LogP contribution in [0.1, 0.15) is 36.0 Å². The monoisotopic (exact) mass is 349 g/mol. The summed E-state index contributed by atoms with van der Waals surface area (Å²) in [5, 5.41) is 0. The molecular formula is C17H18F3N5. The zero-order valence-corrected chi connectivity index (χ0v) is 13.5. The van der Waals surface area contributed by atoms with Gasteiger partial charge in [-0.25, -0.2) is 9.97 Å². The molecule has 8 heteroatoms. The van der Waals surface area contributed by atoms with Gasteiger partial charge in [0.1, 0.15) is 17.2 Å². The van der Waals surface area contributed by atoms with Gasteiger partial charge in [0.05, 0.1) is 6.20 Å². The first kappa shape index (κ1) is 16.1. The minimum atomic E-state index is -4.38. The molecule has 0 radical (unpaired) electrons. The first-order valence-corrected chi connectivity index (χ1v) is 8.26. The zero-order chi connectivity index (χ0) is 17.4. The van der Waals surface area contributed by atoms with Crippen LogP contribution >= 0.6 is 0 Å². The lowest BCUT2D eigenvalue weighted by Crippen LogP contribution is -2.34. The average Bonchev–Trinajstić information content (AvgIpc) is 3.25. The van der Waals surface area contributed by atoms with Gasteiger partial charge in [-0.1, -0.05) is 6.07 Å². The summed E-state index contributed by atoms with van der Waals surface area (Å²) in [6, 6.07) is 5.97. The molecule has 1 aliphatic rings. The van der Waals surface area contributed by atoms with E-state index in [9.17, 15) is 13.2 Å². The molecule has 1 N–H and O–H groups in total. The van der Waals surface area contributed by atoms with Gasteiger partial charge in [-0.15, -0.1) is 0 Å². The van der Waals surface area contributed by atoms with Crippen molar-refractivity contribution in [1.82, 2.24) is 24.3 Å². The summed E-state index contributed by atoms with van der Waals surface area (Å²) < 4.78 is 40.3. The van der Waals surface area contributed by atoms with Gasteiger partial charge >= 0.3 is 6.18 Å². The summed E-state index contributed by atoms with van der Waals surface area (Å²) in [4.78, 5) is 13.0. The predicted molar refractivity (Wildman–Crippen MR) is 86.0 cm³/mol. The second-order valence-corrected chi connectivity index (χ2v) is 6.43. The molecule has 0 bridgehead atoms. The molecule has 3 aromatic rings. The highest BCUT2D eigenvalue weighted by molar-refractivity contribution is 5.39. The molecule has 1 saturated heterocycles. The first-order valence-electron chi connectivity index (χ1n) is 8.26. The average molecular weight is 349 g/mol. The Balaban J connectivity index is 1.49. The number of fused-ring (bicyclic) bond motifs is 1. The van der Waals surface area contributed by atoms with Crippen LogP contribution in [0.2, 0.25) is 0 Å². The molecule has 1 atom stereocenters. The molecule has 0 amide bonds. The van der Waals surface area contributed by atoms with E-state index in [-0.39, 0.29) is 5.92 Å². The summed E-state index contributed by atoms with van der Waals surface area (Å²) in [5.74, 6) is 0.421. The number of rotatable bonds is 3. The van der Waals surface area contributed by atoms with Crippen molar-refractivity contribution in [3.63, 3.8) is 0 Å². The third kappa shape index (κ3) is 3.26. The smallest absolute Gasteiger partial charge is 0.338 e. The quantitative estimate of drug-likeness (QED) is 0.788. The SMILES string of the molecule is FC(F)(F)c1cnc([C@H]2CCCN(Cc3cccc4nccn34)C2)[nH]1. The number of likely N-dealkylation sites (tertiary alicyclic amines) is 1. The van der Waals surface area contributed by atoms with Crippen LogP contribution in [0, 0.1) is 0 Å². The van der Waals surface area contributed by atoms with Gasteiger partial charge in [-0.3, -0.25) is 4.90 Å². The molecule has 1 aliphatic heterocycles. The summed E-state index contributed by atoms with van der Waals surface area (Å²) in [6.45, 7) is 2.35. The third-order valence-electron chi connectivity index (χ3n) is 4.69. The topological polar surface area (TPSA) is 49.2 Å². The van der Waals surface area contributed by atoms with E-state index in [0.717, 1.165) is 43.5 Å². The Morgan fingerprint density at radius 3 is 2.92 bits per heavy atom. The van der Waals surface area contributed by atoms with Crippen molar-refractivity contribution in [1.29, 1.82) is 0 Å². The fourth-order valence-electron chi connectivity index (χ4n) is 3.48. The summed E-state index contributed by atoms with van der Waals surface area (Å²) in [7, 11) is 0. The minimum Gasteiger partial charge on any atom is -0.338 e. The van der Waals surface area contributed by atoms with E-state index in [1.807, 2.05) is 28.8 Å². The molecule has 25 heavy (non-hydrogen) atoms. The van der Waals surface area contributed by atoms with Gasteiger partial charge in [0.2, 0.25) is 0 Å². The van der Waals surface area contributed by atoms with Crippen molar-refractivity contribution < 1.29 is 13.2 Å². The lowest BCUT2D eigenvalue weighted by atomic mass is 9.97. The highest BCUT2D eigenvalue weighted by Crippen LogP contribution is 2.31. The van der Waals surface area contributed by atoms with E-state index in [0.29, 0.717) is 12.4 Å². The number of piperidine rings is 1. The van der Waals surface area contributed by atoms with Crippen LogP contribution in [0.15, 0.2) is 36.8 Å². The van der Waals surface area contributed by atoms with Crippen molar-refractivity contribution in [2.24, 2.45) is 0 Å². The molecule has 0 saturated carbocycles. The number of halogens is 3. The highest BCUT2D eigenvalue weighted by atomic mass is 19.4. The molecule has 3 aromatic heterocycles. The fourth-order valence-corrected chi connectivity index (χ4v) is 3.48. The first-order chi connectivity index (χ1) is 12.0. The van der Waals surface area contributed by atoms with Crippen LogP contribution in [0.4, 0.5) is 13.2 Å². The molecule has 0 aliphatic carbocycles. The number of nitrogens with one attached hydrogen (secondary N) is 1. The van der Waals surface area contributed by atoms with E-state index in [1.54, 1.807) is 6.20 Å². The number of nitrogens with zero attached hydrogens (tertiary/aromatic N) is 4. The van der Waals surface area contributed by atoms with Crippen molar-refractivity contribution in [2.45, 2.75) is 31.5 Å². The van der Waals surface area contributed by atoms with Crippen molar-refractivity contribution in [3.8, 4) is 0 Å². The number of imidazole rings is 2. The predicted octanol–water partition coefficient (Wildman–Crippen LogP) is 3.46. The van der Waals surface area contributed by atoms with Crippen LogP contribution in [0.25, 0.3) is 5.65 Å². The number of H-pyrrole nitrogens is 1. The van der Waals surface area contributed by atoms with Crippen molar-refractivity contribution >= 4 is 5.65 Å². The molecule has 0 aromatic carbocycles. The van der Waals surface area contributed by atoms with Crippen LogP contribution in [0.5, 0.6) is 0 Å². The van der Waals surface area contributed by atoms with E-state index in [4.69, 9.17) is 0 Å². The maximum Gasteiger partial charge on any atom is 0.432 e. The van der Waals surface area contributed by atoms with Gasteiger partial charge < -0.3 is 9.38 Å². The Kier molecular flexibility index (Phi) is 3.99. The molecule has 4 rings (SSSR count). The van der Waals surface area contributed by atoms with Crippen LogP contribution < -0.4 is 0 Å². The molecular weight excluding hydrogens is 331 g/mol. The van der Waals surface area contributed by atoms with Gasteiger partial charge in [-0.05, 0) is 31.5 Å². The zero-order valence-electron chi connectivity index (χ0n) is 13.5. The lowest BCUT2D eigenvalue weighted by Gasteiger charge is -2.32. The Bertz CT molecular complexity index is 866. The highest BCUT2D eigenvalue weighted by Gasteiger charge is 2.34. The van der Waals surface area contributed by atoms with Crippen molar-refractivity contribution in [2.75, 3.05) is 13.1 Å². The Morgan fingerprint density at radius 2 is 2.12 bits per heavy atom. The minimum absolute atomic E-state index is 0.00756. The summed E-state index contributed by atoms with van der Waals surface area (Å²) in [5.41, 5.74) is 1.24. The number of alkyl halides is 3. The number of aromatic nitrogens is 4. The number of aromatic amines is 1. The third-order valence-corrected chi connectivity index (χ3v) is 4.69. The second-order valence-electron chi connectivity index (χ2n) is 6.43. The van der Waals surface area contributed by atoms with Crippen LogP contribution in [-0.2, 0) is 12.7 Å². The summed E-state index contributed by atoms with van der Waals surface area (Å²) in [6.07, 6.45) is 1.98. The number of hydrogen-bond acceptors (Lipinski definition) is 3. The Labute approximate surface area is 142 Å². The molecule has 0 spiro atoms. The lowest BCUT2D eigenvalue weighted by molar-refractivity contribution is -0.141. The molecule has 132 valence electrons.